The third-order valence-corrected chi connectivity index (χ3v) is 4.51. The van der Waals surface area contributed by atoms with Gasteiger partial charge < -0.3 is 10.4 Å². The highest BCUT2D eigenvalue weighted by Gasteiger charge is 2.21. The summed E-state index contributed by atoms with van der Waals surface area (Å²) < 4.78 is 25.3. The van der Waals surface area contributed by atoms with Crippen molar-refractivity contribution in [1.82, 2.24) is 4.72 Å². The van der Waals surface area contributed by atoms with E-state index in [2.05, 4.69) is 10.0 Å². The van der Waals surface area contributed by atoms with Gasteiger partial charge in [0.2, 0.25) is 10.0 Å². The molecule has 1 unspecified atom stereocenters. The average Bonchev–Trinajstić information content (AvgIpc) is 2.38. The molecule has 1 aromatic rings. The molecule has 1 atom stereocenters. The molecule has 0 aliphatic rings. The normalized spacial score (nSPS) is 13.2. The highest BCUT2D eigenvalue weighted by atomic mass is 32.2. The first-order valence-electron chi connectivity index (χ1n) is 6.28. The molecule has 0 heterocycles. The van der Waals surface area contributed by atoms with Crippen LogP contribution >= 0.6 is 0 Å². The predicted octanol–water partition coefficient (Wildman–Crippen LogP) is 1.36. The lowest BCUT2D eigenvalue weighted by Gasteiger charge is -2.17. The van der Waals surface area contributed by atoms with Gasteiger partial charge in [0.25, 0.3) is 0 Å². The summed E-state index contributed by atoms with van der Waals surface area (Å²) in [5, 5.41) is 12.1. The second kappa shape index (κ2) is 6.71. The highest BCUT2D eigenvalue weighted by Crippen LogP contribution is 2.16. The summed E-state index contributed by atoms with van der Waals surface area (Å²) in [6.07, 6.45) is 0. The van der Waals surface area contributed by atoms with Crippen molar-refractivity contribution >= 4 is 21.7 Å². The first kappa shape index (κ1) is 16.5. The summed E-state index contributed by atoms with van der Waals surface area (Å²) >= 11 is 0. The largest absolute Gasteiger partial charge is 0.481 e. The van der Waals surface area contributed by atoms with Crippen LogP contribution in [-0.2, 0) is 14.8 Å². The van der Waals surface area contributed by atoms with Gasteiger partial charge in [-0.05, 0) is 37.2 Å². The van der Waals surface area contributed by atoms with Gasteiger partial charge in [0.15, 0.2) is 0 Å². The van der Waals surface area contributed by atoms with E-state index in [0.29, 0.717) is 12.2 Å². The van der Waals surface area contributed by atoms with E-state index in [4.69, 9.17) is 5.11 Å². The smallest absolute Gasteiger partial charge is 0.308 e. The molecule has 1 rings (SSSR count). The van der Waals surface area contributed by atoms with Gasteiger partial charge in [-0.2, -0.15) is 0 Å². The average molecular weight is 300 g/mol. The van der Waals surface area contributed by atoms with Crippen molar-refractivity contribution in [2.75, 3.05) is 18.9 Å². The van der Waals surface area contributed by atoms with E-state index in [1.54, 1.807) is 12.1 Å². The standard InChI is InChI=1S/C13H20N2O4S/c1-9(2)12(13(16)17)8-15-10-4-6-11(7-5-10)20(18,19)14-3/h4-7,9,12,14-15H,8H2,1-3H3,(H,16,17). The topological polar surface area (TPSA) is 95.5 Å². The number of sulfonamides is 1. The molecule has 1 aromatic carbocycles. The maximum atomic E-state index is 11.5. The summed E-state index contributed by atoms with van der Waals surface area (Å²) in [6, 6.07) is 6.17. The number of carbonyl (C=O) groups is 1. The molecular weight excluding hydrogens is 280 g/mol. The molecule has 0 aliphatic carbocycles. The van der Waals surface area contributed by atoms with Gasteiger partial charge in [-0.1, -0.05) is 13.8 Å². The SMILES string of the molecule is CNS(=O)(=O)c1ccc(NCC(C(=O)O)C(C)C)cc1. The Morgan fingerprint density at radius 2 is 1.80 bits per heavy atom. The molecule has 7 heteroatoms. The molecule has 3 N–H and O–H groups in total. The van der Waals surface area contributed by atoms with Crippen LogP contribution in [0.5, 0.6) is 0 Å². The monoisotopic (exact) mass is 300 g/mol. The van der Waals surface area contributed by atoms with E-state index in [9.17, 15) is 13.2 Å². The van der Waals surface area contributed by atoms with Crippen LogP contribution in [-0.4, -0.2) is 33.1 Å². The minimum Gasteiger partial charge on any atom is -0.481 e. The van der Waals surface area contributed by atoms with E-state index in [1.807, 2.05) is 13.8 Å². The van der Waals surface area contributed by atoms with E-state index in [1.165, 1.54) is 19.2 Å². The van der Waals surface area contributed by atoms with Crippen LogP contribution in [0.25, 0.3) is 0 Å². The van der Waals surface area contributed by atoms with Crippen molar-refractivity contribution in [1.29, 1.82) is 0 Å². The number of carboxylic acid groups (broad SMARTS) is 1. The number of rotatable bonds is 7. The summed E-state index contributed by atoms with van der Waals surface area (Å²) in [4.78, 5) is 11.2. The molecule has 0 fully saturated rings. The van der Waals surface area contributed by atoms with Crippen LogP contribution in [0, 0.1) is 11.8 Å². The lowest BCUT2D eigenvalue weighted by atomic mass is 9.96. The Labute approximate surface area is 119 Å². The molecule has 6 nitrogen and oxygen atoms in total. The van der Waals surface area contributed by atoms with Crippen LogP contribution in [0.3, 0.4) is 0 Å². The summed E-state index contributed by atoms with van der Waals surface area (Å²) in [6.45, 7) is 4.00. The molecule has 0 spiro atoms. The highest BCUT2D eigenvalue weighted by molar-refractivity contribution is 7.89. The van der Waals surface area contributed by atoms with Crippen molar-refractivity contribution < 1.29 is 18.3 Å². The van der Waals surface area contributed by atoms with E-state index in [-0.39, 0.29) is 10.8 Å². The fourth-order valence-corrected chi connectivity index (χ4v) is 2.44. The third kappa shape index (κ3) is 4.21. The molecule has 0 aliphatic heterocycles. The Morgan fingerprint density at radius 1 is 1.25 bits per heavy atom. The van der Waals surface area contributed by atoms with Crippen molar-refractivity contribution in [3.05, 3.63) is 24.3 Å². The molecule has 20 heavy (non-hydrogen) atoms. The number of anilines is 1. The van der Waals surface area contributed by atoms with Gasteiger partial charge in [-0.15, -0.1) is 0 Å². The van der Waals surface area contributed by atoms with Gasteiger partial charge in [-0.25, -0.2) is 13.1 Å². The van der Waals surface area contributed by atoms with Crippen LogP contribution in [0.4, 0.5) is 5.69 Å². The Hall–Kier alpha value is -1.60. The Kier molecular flexibility index (Phi) is 5.52. The molecule has 0 bridgehead atoms. The van der Waals surface area contributed by atoms with Gasteiger partial charge in [-0.3, -0.25) is 4.79 Å². The van der Waals surface area contributed by atoms with Crippen molar-refractivity contribution in [2.24, 2.45) is 11.8 Å². The summed E-state index contributed by atoms with van der Waals surface area (Å²) in [7, 11) is -2.10. The van der Waals surface area contributed by atoms with Crippen LogP contribution < -0.4 is 10.0 Å². The van der Waals surface area contributed by atoms with Gasteiger partial charge in [0.05, 0.1) is 10.8 Å². The van der Waals surface area contributed by atoms with Gasteiger partial charge >= 0.3 is 5.97 Å². The second-order valence-electron chi connectivity index (χ2n) is 4.80. The predicted molar refractivity (Wildman–Crippen MR) is 77.1 cm³/mol. The molecule has 0 radical (unpaired) electrons. The van der Waals surface area contributed by atoms with Crippen LogP contribution in [0.1, 0.15) is 13.8 Å². The molecule has 112 valence electrons. The second-order valence-corrected chi connectivity index (χ2v) is 6.69. The van der Waals surface area contributed by atoms with Crippen LogP contribution in [0.15, 0.2) is 29.2 Å². The Bertz CT molecular complexity index is 552. The molecule has 0 amide bonds. The van der Waals surface area contributed by atoms with Gasteiger partial charge in [0.1, 0.15) is 0 Å². The molecular formula is C13H20N2O4S. The number of benzene rings is 1. The van der Waals surface area contributed by atoms with Crippen LogP contribution in [0.2, 0.25) is 0 Å². The Morgan fingerprint density at radius 3 is 2.20 bits per heavy atom. The van der Waals surface area contributed by atoms with Crippen molar-refractivity contribution in [3.63, 3.8) is 0 Å². The van der Waals surface area contributed by atoms with E-state index < -0.39 is 21.9 Å². The fraction of sp³-hybridized carbons (Fsp3) is 0.462. The number of hydrogen-bond acceptors (Lipinski definition) is 4. The third-order valence-electron chi connectivity index (χ3n) is 3.08. The maximum absolute atomic E-state index is 11.5. The maximum Gasteiger partial charge on any atom is 0.308 e. The molecule has 0 saturated heterocycles. The van der Waals surface area contributed by atoms with Gasteiger partial charge in [0, 0.05) is 12.2 Å². The minimum atomic E-state index is -3.44. The van der Waals surface area contributed by atoms with E-state index >= 15 is 0 Å². The number of aliphatic carboxylic acids is 1. The van der Waals surface area contributed by atoms with E-state index in [0.717, 1.165) is 0 Å². The Balaban J connectivity index is 2.74. The zero-order chi connectivity index (χ0) is 15.3. The first-order valence-corrected chi connectivity index (χ1v) is 7.76. The molecule has 0 saturated carbocycles. The van der Waals surface area contributed by atoms with Crippen molar-refractivity contribution in [2.45, 2.75) is 18.7 Å². The number of nitrogens with one attached hydrogen (secondary N) is 2. The van der Waals surface area contributed by atoms with Crippen molar-refractivity contribution in [3.8, 4) is 0 Å². The lowest BCUT2D eigenvalue weighted by Crippen LogP contribution is -2.27. The summed E-state index contributed by atoms with van der Waals surface area (Å²) in [5.41, 5.74) is 0.687. The zero-order valence-corrected chi connectivity index (χ0v) is 12.6. The fourth-order valence-electron chi connectivity index (χ4n) is 1.71. The zero-order valence-electron chi connectivity index (χ0n) is 11.8. The number of hydrogen-bond donors (Lipinski definition) is 3. The molecule has 0 aromatic heterocycles. The summed E-state index contributed by atoms with van der Waals surface area (Å²) in [5.74, 6) is -1.32. The number of carboxylic acids is 1. The first-order chi connectivity index (χ1) is 9.27. The lowest BCUT2D eigenvalue weighted by molar-refractivity contribution is -0.142. The minimum absolute atomic E-state index is 0.0175. The quantitative estimate of drug-likeness (QED) is 0.706.